The van der Waals surface area contributed by atoms with E-state index in [2.05, 4.69) is 0 Å². The van der Waals surface area contributed by atoms with Crippen LogP contribution in [0.1, 0.15) is 22.8 Å². The number of rotatable bonds is 2. The summed E-state index contributed by atoms with van der Waals surface area (Å²) < 4.78 is 0. The van der Waals surface area contributed by atoms with Crippen LogP contribution < -0.4 is 5.73 Å². The predicted octanol–water partition coefficient (Wildman–Crippen LogP) is 1.53. The Hall–Kier alpha value is -1.51. The Labute approximate surface area is 84.5 Å². The van der Waals surface area contributed by atoms with Gasteiger partial charge in [-0.15, -0.1) is 0 Å². The van der Waals surface area contributed by atoms with Crippen LogP contribution >= 0.6 is 0 Å². The van der Waals surface area contributed by atoms with E-state index in [0.717, 1.165) is 12.0 Å². The number of amides is 1. The zero-order valence-corrected chi connectivity index (χ0v) is 8.87. The van der Waals surface area contributed by atoms with Crippen molar-refractivity contribution in [1.82, 2.24) is 4.90 Å². The van der Waals surface area contributed by atoms with Crippen molar-refractivity contribution < 1.29 is 4.79 Å². The maximum atomic E-state index is 11.6. The van der Waals surface area contributed by atoms with Gasteiger partial charge in [-0.3, -0.25) is 4.79 Å². The summed E-state index contributed by atoms with van der Waals surface area (Å²) >= 11 is 0. The summed E-state index contributed by atoms with van der Waals surface area (Å²) in [5.74, 6) is -0.00741. The fourth-order valence-corrected chi connectivity index (χ4v) is 1.30. The lowest BCUT2D eigenvalue weighted by Crippen LogP contribution is -2.21. The van der Waals surface area contributed by atoms with Crippen molar-refractivity contribution in [3.63, 3.8) is 0 Å². The van der Waals surface area contributed by atoms with Gasteiger partial charge in [0.25, 0.3) is 5.91 Å². The standard InChI is InChI=1S/C11H16N2O/c1-4-8-5-9(7-10(12)6-8)11(14)13(2)3/h5-7H,4,12H2,1-3H3. The number of nitrogens with zero attached hydrogens (tertiary/aromatic N) is 1. The van der Waals surface area contributed by atoms with Crippen molar-refractivity contribution in [1.29, 1.82) is 0 Å². The van der Waals surface area contributed by atoms with Gasteiger partial charge in [-0.1, -0.05) is 6.92 Å². The van der Waals surface area contributed by atoms with Crippen LogP contribution in [0.4, 0.5) is 5.69 Å². The Morgan fingerprint density at radius 1 is 1.36 bits per heavy atom. The lowest BCUT2D eigenvalue weighted by Gasteiger charge is -2.11. The molecule has 0 saturated carbocycles. The van der Waals surface area contributed by atoms with Crippen molar-refractivity contribution in [2.75, 3.05) is 19.8 Å². The van der Waals surface area contributed by atoms with Crippen LogP contribution in [0, 0.1) is 0 Å². The number of carbonyl (C=O) groups excluding carboxylic acids is 1. The number of hydrogen-bond donors (Lipinski definition) is 1. The highest BCUT2D eigenvalue weighted by Crippen LogP contribution is 2.13. The van der Waals surface area contributed by atoms with Gasteiger partial charge in [0.2, 0.25) is 0 Å². The molecule has 0 bridgehead atoms. The van der Waals surface area contributed by atoms with Crippen LogP contribution in [0.15, 0.2) is 18.2 Å². The maximum absolute atomic E-state index is 11.6. The molecule has 0 fully saturated rings. The van der Waals surface area contributed by atoms with Gasteiger partial charge in [0.1, 0.15) is 0 Å². The monoisotopic (exact) mass is 192 g/mol. The molecule has 0 radical (unpaired) electrons. The number of aryl methyl sites for hydroxylation is 1. The summed E-state index contributed by atoms with van der Waals surface area (Å²) in [6, 6.07) is 5.49. The lowest BCUT2D eigenvalue weighted by molar-refractivity contribution is 0.0827. The number of nitrogen functional groups attached to an aromatic ring is 1. The molecule has 1 aromatic rings. The highest BCUT2D eigenvalue weighted by Gasteiger charge is 2.08. The molecular weight excluding hydrogens is 176 g/mol. The first-order chi connectivity index (χ1) is 6.54. The first-order valence-corrected chi connectivity index (χ1v) is 4.65. The predicted molar refractivity (Wildman–Crippen MR) is 58.2 cm³/mol. The summed E-state index contributed by atoms with van der Waals surface area (Å²) in [5.41, 5.74) is 8.10. The Bertz CT molecular complexity index is 345. The number of nitrogens with two attached hydrogens (primary N) is 1. The summed E-state index contributed by atoms with van der Waals surface area (Å²) in [4.78, 5) is 13.2. The maximum Gasteiger partial charge on any atom is 0.253 e. The lowest BCUT2D eigenvalue weighted by atomic mass is 10.1. The fraction of sp³-hybridized carbons (Fsp3) is 0.364. The van der Waals surface area contributed by atoms with Gasteiger partial charge in [0.05, 0.1) is 0 Å². The van der Waals surface area contributed by atoms with E-state index in [0.29, 0.717) is 11.3 Å². The van der Waals surface area contributed by atoms with Crippen molar-refractivity contribution >= 4 is 11.6 Å². The van der Waals surface area contributed by atoms with E-state index in [1.807, 2.05) is 19.1 Å². The largest absolute Gasteiger partial charge is 0.399 e. The number of carbonyl (C=O) groups is 1. The minimum Gasteiger partial charge on any atom is -0.399 e. The average Bonchev–Trinajstić information content (AvgIpc) is 2.15. The molecule has 3 nitrogen and oxygen atoms in total. The van der Waals surface area contributed by atoms with Crippen LogP contribution in [0.25, 0.3) is 0 Å². The molecule has 3 heteroatoms. The minimum absolute atomic E-state index is 0.00741. The van der Waals surface area contributed by atoms with E-state index in [4.69, 9.17) is 5.73 Å². The van der Waals surface area contributed by atoms with Crippen molar-refractivity contribution in [3.8, 4) is 0 Å². The van der Waals surface area contributed by atoms with Gasteiger partial charge in [-0.2, -0.15) is 0 Å². The topological polar surface area (TPSA) is 46.3 Å². The van der Waals surface area contributed by atoms with Gasteiger partial charge in [-0.05, 0) is 30.2 Å². The average molecular weight is 192 g/mol. The molecule has 0 saturated heterocycles. The zero-order chi connectivity index (χ0) is 10.7. The molecule has 14 heavy (non-hydrogen) atoms. The number of benzene rings is 1. The Balaban J connectivity index is 3.09. The Kier molecular flexibility index (Phi) is 3.12. The second-order valence-electron chi connectivity index (χ2n) is 3.52. The third-order valence-corrected chi connectivity index (χ3v) is 2.08. The van der Waals surface area contributed by atoms with Crippen LogP contribution in [-0.2, 0) is 6.42 Å². The van der Waals surface area contributed by atoms with Gasteiger partial charge < -0.3 is 10.6 Å². The molecule has 0 heterocycles. The molecule has 0 aromatic heterocycles. The summed E-state index contributed by atoms with van der Waals surface area (Å²) in [6.07, 6.45) is 0.888. The third kappa shape index (κ3) is 2.25. The summed E-state index contributed by atoms with van der Waals surface area (Å²) in [6.45, 7) is 2.04. The van der Waals surface area contributed by atoms with Gasteiger partial charge in [0.15, 0.2) is 0 Å². The molecule has 1 amide bonds. The van der Waals surface area contributed by atoms with Crippen LogP contribution in [0.5, 0.6) is 0 Å². The molecule has 76 valence electrons. The molecule has 0 atom stereocenters. The van der Waals surface area contributed by atoms with E-state index in [9.17, 15) is 4.79 Å². The molecule has 0 spiro atoms. The summed E-state index contributed by atoms with van der Waals surface area (Å²) in [5, 5.41) is 0. The molecule has 0 aliphatic carbocycles. The second kappa shape index (κ2) is 4.13. The highest BCUT2D eigenvalue weighted by atomic mass is 16.2. The molecular formula is C11H16N2O. The Morgan fingerprint density at radius 3 is 2.50 bits per heavy atom. The Morgan fingerprint density at radius 2 is 2.00 bits per heavy atom. The number of hydrogen-bond acceptors (Lipinski definition) is 2. The van der Waals surface area contributed by atoms with Crippen LogP contribution in [0.2, 0.25) is 0 Å². The first kappa shape index (κ1) is 10.6. The normalized spacial score (nSPS) is 9.93. The van der Waals surface area contributed by atoms with E-state index in [-0.39, 0.29) is 5.91 Å². The second-order valence-corrected chi connectivity index (χ2v) is 3.52. The van der Waals surface area contributed by atoms with Crippen molar-refractivity contribution in [2.45, 2.75) is 13.3 Å². The van der Waals surface area contributed by atoms with Gasteiger partial charge in [0, 0.05) is 25.3 Å². The summed E-state index contributed by atoms with van der Waals surface area (Å²) in [7, 11) is 3.47. The molecule has 1 aromatic carbocycles. The van der Waals surface area contributed by atoms with E-state index in [1.165, 1.54) is 0 Å². The molecule has 0 aliphatic heterocycles. The van der Waals surface area contributed by atoms with Crippen molar-refractivity contribution in [3.05, 3.63) is 29.3 Å². The zero-order valence-electron chi connectivity index (χ0n) is 8.87. The third-order valence-electron chi connectivity index (χ3n) is 2.08. The first-order valence-electron chi connectivity index (χ1n) is 4.65. The smallest absolute Gasteiger partial charge is 0.253 e. The molecule has 1 rings (SSSR count). The SMILES string of the molecule is CCc1cc(N)cc(C(=O)N(C)C)c1. The van der Waals surface area contributed by atoms with Crippen LogP contribution in [0.3, 0.4) is 0 Å². The molecule has 2 N–H and O–H groups in total. The van der Waals surface area contributed by atoms with Gasteiger partial charge >= 0.3 is 0 Å². The fourth-order valence-electron chi connectivity index (χ4n) is 1.30. The van der Waals surface area contributed by atoms with E-state index >= 15 is 0 Å². The van der Waals surface area contributed by atoms with Crippen molar-refractivity contribution in [2.24, 2.45) is 0 Å². The number of anilines is 1. The van der Waals surface area contributed by atoms with Crippen LogP contribution in [-0.4, -0.2) is 24.9 Å². The highest BCUT2D eigenvalue weighted by molar-refractivity contribution is 5.94. The molecule has 0 unspecified atom stereocenters. The van der Waals surface area contributed by atoms with E-state index in [1.54, 1.807) is 25.1 Å². The molecule has 0 aliphatic rings. The minimum atomic E-state index is -0.00741. The van der Waals surface area contributed by atoms with Gasteiger partial charge in [-0.25, -0.2) is 0 Å². The quantitative estimate of drug-likeness (QED) is 0.722. The van der Waals surface area contributed by atoms with E-state index < -0.39 is 0 Å².